The lowest BCUT2D eigenvalue weighted by molar-refractivity contribution is 0.384. The number of aromatic nitrogens is 1. The Morgan fingerprint density at radius 3 is 2.50 bits per heavy atom. The van der Waals surface area contributed by atoms with E-state index in [4.69, 9.17) is 0 Å². The standard InChI is InChI=1S/C19H34N6O2S/c1-3-4-5-7-11-22-19(20-2)23-12-17-28(26,27)25-15-13-24(14-16-25)18-9-6-8-10-21-18/h6,8-10H,3-5,7,11-17H2,1-2H3,(H2,20,22,23). The largest absolute Gasteiger partial charge is 0.356 e. The summed E-state index contributed by atoms with van der Waals surface area (Å²) in [7, 11) is -1.58. The molecule has 0 saturated carbocycles. The van der Waals surface area contributed by atoms with E-state index in [1.54, 1.807) is 17.5 Å². The second-order valence-corrected chi connectivity index (χ2v) is 8.96. The lowest BCUT2D eigenvalue weighted by Crippen LogP contribution is -2.50. The maximum Gasteiger partial charge on any atom is 0.215 e. The fourth-order valence-electron chi connectivity index (χ4n) is 3.14. The van der Waals surface area contributed by atoms with Crippen molar-refractivity contribution in [2.24, 2.45) is 4.99 Å². The van der Waals surface area contributed by atoms with Crippen molar-refractivity contribution in [3.8, 4) is 0 Å². The van der Waals surface area contributed by atoms with E-state index in [-0.39, 0.29) is 5.75 Å². The highest BCUT2D eigenvalue weighted by Crippen LogP contribution is 2.14. The van der Waals surface area contributed by atoms with Crippen molar-refractivity contribution >= 4 is 21.8 Å². The molecule has 2 N–H and O–H groups in total. The number of piperazine rings is 1. The van der Waals surface area contributed by atoms with Crippen LogP contribution in [0, 0.1) is 0 Å². The van der Waals surface area contributed by atoms with Crippen molar-refractivity contribution in [1.82, 2.24) is 19.9 Å². The van der Waals surface area contributed by atoms with Crippen molar-refractivity contribution in [1.29, 1.82) is 0 Å². The number of aliphatic imine (C=N–C) groups is 1. The minimum atomic E-state index is -3.28. The highest BCUT2D eigenvalue weighted by Gasteiger charge is 2.27. The van der Waals surface area contributed by atoms with Crippen molar-refractivity contribution in [3.63, 3.8) is 0 Å². The molecule has 28 heavy (non-hydrogen) atoms. The molecule has 1 aromatic rings. The third-order valence-corrected chi connectivity index (χ3v) is 6.68. The van der Waals surface area contributed by atoms with Crippen LogP contribution in [0.4, 0.5) is 5.82 Å². The Bertz CT molecular complexity index is 688. The van der Waals surface area contributed by atoms with Gasteiger partial charge in [-0.3, -0.25) is 4.99 Å². The number of rotatable bonds is 10. The van der Waals surface area contributed by atoms with Gasteiger partial charge in [-0.15, -0.1) is 0 Å². The maximum atomic E-state index is 12.6. The smallest absolute Gasteiger partial charge is 0.215 e. The third-order valence-electron chi connectivity index (χ3n) is 4.80. The van der Waals surface area contributed by atoms with E-state index in [2.05, 4.69) is 32.4 Å². The molecule has 1 aliphatic heterocycles. The summed E-state index contributed by atoms with van der Waals surface area (Å²) in [5, 5.41) is 6.34. The van der Waals surface area contributed by atoms with Gasteiger partial charge in [0.1, 0.15) is 5.82 Å². The van der Waals surface area contributed by atoms with E-state index in [9.17, 15) is 8.42 Å². The molecule has 158 valence electrons. The molecule has 0 unspecified atom stereocenters. The van der Waals surface area contributed by atoms with Crippen molar-refractivity contribution in [2.45, 2.75) is 32.6 Å². The Hall–Kier alpha value is -1.87. The molecule has 0 aliphatic carbocycles. The van der Waals surface area contributed by atoms with Gasteiger partial charge in [0.05, 0.1) is 5.75 Å². The van der Waals surface area contributed by atoms with Gasteiger partial charge in [0.15, 0.2) is 5.96 Å². The number of guanidine groups is 1. The number of unbranched alkanes of at least 4 members (excludes halogenated alkanes) is 3. The minimum absolute atomic E-state index is 0.0626. The molecule has 2 rings (SSSR count). The van der Waals surface area contributed by atoms with Crippen molar-refractivity contribution < 1.29 is 8.42 Å². The molecule has 9 heteroatoms. The van der Waals surface area contributed by atoms with Crippen molar-refractivity contribution in [3.05, 3.63) is 24.4 Å². The molecule has 0 bridgehead atoms. The number of nitrogens with one attached hydrogen (secondary N) is 2. The molecular weight excluding hydrogens is 376 g/mol. The first-order valence-corrected chi connectivity index (χ1v) is 11.8. The number of hydrogen-bond acceptors (Lipinski definition) is 5. The first kappa shape index (κ1) is 22.4. The van der Waals surface area contributed by atoms with Crippen molar-refractivity contribution in [2.75, 3.05) is 57.0 Å². The zero-order valence-electron chi connectivity index (χ0n) is 17.1. The number of hydrogen-bond donors (Lipinski definition) is 2. The predicted octanol–water partition coefficient (Wildman–Crippen LogP) is 1.28. The Morgan fingerprint density at radius 2 is 1.86 bits per heavy atom. The van der Waals surface area contributed by atoms with E-state index < -0.39 is 10.0 Å². The minimum Gasteiger partial charge on any atom is -0.356 e. The van der Waals surface area contributed by atoms with Crippen LogP contribution in [0.2, 0.25) is 0 Å². The van der Waals surface area contributed by atoms with Crippen LogP contribution in [0.5, 0.6) is 0 Å². The third kappa shape index (κ3) is 7.27. The predicted molar refractivity (Wildman–Crippen MR) is 115 cm³/mol. The summed E-state index contributed by atoms with van der Waals surface area (Å²) in [4.78, 5) is 10.6. The highest BCUT2D eigenvalue weighted by molar-refractivity contribution is 7.89. The summed E-state index contributed by atoms with van der Waals surface area (Å²) in [6.45, 7) is 5.67. The topological polar surface area (TPSA) is 89.9 Å². The van der Waals surface area contributed by atoms with Gasteiger partial charge in [-0.2, -0.15) is 4.31 Å². The van der Waals surface area contributed by atoms with Crippen LogP contribution in [0.3, 0.4) is 0 Å². The van der Waals surface area contributed by atoms with E-state index in [0.29, 0.717) is 38.7 Å². The zero-order chi connectivity index (χ0) is 20.2. The molecule has 0 spiro atoms. The second-order valence-electron chi connectivity index (χ2n) is 6.88. The normalized spacial score (nSPS) is 16.2. The van der Waals surface area contributed by atoms with Gasteiger partial charge in [-0.25, -0.2) is 13.4 Å². The molecule has 1 fully saturated rings. The lowest BCUT2D eigenvalue weighted by Gasteiger charge is -2.34. The Balaban J connectivity index is 1.70. The van der Waals surface area contributed by atoms with Crippen LogP contribution in [-0.2, 0) is 10.0 Å². The number of anilines is 1. The molecule has 0 amide bonds. The van der Waals surface area contributed by atoms with Crippen LogP contribution in [0.15, 0.2) is 29.4 Å². The van der Waals surface area contributed by atoms with Crippen LogP contribution in [-0.4, -0.2) is 75.7 Å². The molecule has 0 atom stereocenters. The number of nitrogens with zero attached hydrogens (tertiary/aromatic N) is 4. The quantitative estimate of drug-likeness (QED) is 0.343. The lowest BCUT2D eigenvalue weighted by atomic mass is 10.2. The van der Waals surface area contributed by atoms with E-state index >= 15 is 0 Å². The molecule has 1 saturated heterocycles. The van der Waals surface area contributed by atoms with Gasteiger partial charge in [-0.05, 0) is 18.6 Å². The summed E-state index contributed by atoms with van der Waals surface area (Å²) < 4.78 is 26.8. The van der Waals surface area contributed by atoms with Gasteiger partial charge in [-0.1, -0.05) is 32.3 Å². The molecule has 0 aromatic carbocycles. The monoisotopic (exact) mass is 410 g/mol. The van der Waals surface area contributed by atoms with Gasteiger partial charge >= 0.3 is 0 Å². The SMILES string of the molecule is CCCCCCNC(=NC)NCCS(=O)(=O)N1CCN(c2ccccn2)CC1. The molecule has 1 aliphatic rings. The Morgan fingerprint density at radius 1 is 1.11 bits per heavy atom. The zero-order valence-corrected chi connectivity index (χ0v) is 17.9. The van der Waals surface area contributed by atoms with Crippen LogP contribution >= 0.6 is 0 Å². The Kier molecular flexibility index (Phi) is 9.49. The average Bonchev–Trinajstić information content (AvgIpc) is 2.73. The molecular formula is C19H34N6O2S. The van der Waals surface area contributed by atoms with E-state index in [1.165, 1.54) is 19.3 Å². The molecule has 8 nitrogen and oxygen atoms in total. The van der Waals surface area contributed by atoms with Gasteiger partial charge in [0, 0.05) is 52.5 Å². The summed E-state index contributed by atoms with van der Waals surface area (Å²) in [6, 6.07) is 5.78. The van der Waals surface area contributed by atoms with E-state index in [1.807, 2.05) is 18.2 Å². The summed E-state index contributed by atoms with van der Waals surface area (Å²) in [5.74, 6) is 1.62. The summed E-state index contributed by atoms with van der Waals surface area (Å²) in [6.07, 6.45) is 6.49. The van der Waals surface area contributed by atoms with Crippen LogP contribution < -0.4 is 15.5 Å². The first-order chi connectivity index (χ1) is 13.6. The summed E-state index contributed by atoms with van der Waals surface area (Å²) in [5.41, 5.74) is 0. The maximum absolute atomic E-state index is 12.6. The van der Waals surface area contributed by atoms with Gasteiger partial charge in [0.2, 0.25) is 10.0 Å². The molecule has 0 radical (unpaired) electrons. The first-order valence-electron chi connectivity index (χ1n) is 10.1. The van der Waals surface area contributed by atoms with E-state index in [0.717, 1.165) is 18.8 Å². The molecule has 2 heterocycles. The molecule has 1 aromatic heterocycles. The van der Waals surface area contributed by atoms with Crippen LogP contribution in [0.1, 0.15) is 32.6 Å². The number of sulfonamides is 1. The fraction of sp³-hybridized carbons (Fsp3) is 0.684. The summed E-state index contributed by atoms with van der Waals surface area (Å²) >= 11 is 0. The van der Waals surface area contributed by atoms with Gasteiger partial charge in [0.25, 0.3) is 0 Å². The average molecular weight is 411 g/mol. The Labute approximate surface area is 169 Å². The van der Waals surface area contributed by atoms with Crippen LogP contribution in [0.25, 0.3) is 0 Å². The number of pyridine rings is 1. The second kappa shape index (κ2) is 11.9. The van der Waals surface area contributed by atoms with Gasteiger partial charge < -0.3 is 15.5 Å². The highest BCUT2D eigenvalue weighted by atomic mass is 32.2. The fourth-order valence-corrected chi connectivity index (χ4v) is 4.48.